The summed E-state index contributed by atoms with van der Waals surface area (Å²) < 4.78 is 18.3. The van der Waals surface area contributed by atoms with Crippen LogP contribution in [-0.2, 0) is 11.3 Å². The average molecular weight is 254 g/mol. The molecule has 0 fully saturated rings. The molecule has 0 saturated heterocycles. The van der Waals surface area contributed by atoms with E-state index in [4.69, 9.17) is 4.74 Å². The van der Waals surface area contributed by atoms with E-state index in [1.54, 1.807) is 32.4 Å². The Hall–Kier alpha value is -1.62. The molecule has 2 amide bonds. The van der Waals surface area contributed by atoms with Crippen molar-refractivity contribution in [3.63, 3.8) is 0 Å². The van der Waals surface area contributed by atoms with Crippen LogP contribution in [0.1, 0.15) is 12.0 Å². The van der Waals surface area contributed by atoms with Gasteiger partial charge in [0.15, 0.2) is 0 Å². The van der Waals surface area contributed by atoms with E-state index in [0.29, 0.717) is 18.7 Å². The third-order valence-electron chi connectivity index (χ3n) is 2.51. The van der Waals surface area contributed by atoms with Crippen LogP contribution in [0.5, 0.6) is 0 Å². The minimum Gasteiger partial charge on any atom is -0.385 e. The van der Waals surface area contributed by atoms with Gasteiger partial charge in [0.25, 0.3) is 0 Å². The summed E-state index contributed by atoms with van der Waals surface area (Å²) >= 11 is 0. The van der Waals surface area contributed by atoms with Gasteiger partial charge in [-0.15, -0.1) is 0 Å². The first-order chi connectivity index (χ1) is 8.65. The van der Waals surface area contributed by atoms with E-state index in [-0.39, 0.29) is 18.4 Å². The highest BCUT2D eigenvalue weighted by Crippen LogP contribution is 2.08. The fourth-order valence-corrected chi connectivity index (χ4v) is 1.50. The fraction of sp³-hybridized carbons (Fsp3) is 0.462. The number of benzene rings is 1. The van der Waals surface area contributed by atoms with Gasteiger partial charge in [-0.2, -0.15) is 0 Å². The molecule has 0 aliphatic carbocycles. The van der Waals surface area contributed by atoms with Gasteiger partial charge in [-0.05, 0) is 12.5 Å². The molecule has 0 aliphatic heterocycles. The molecule has 18 heavy (non-hydrogen) atoms. The quantitative estimate of drug-likeness (QED) is 0.789. The Balaban J connectivity index is 2.38. The molecule has 0 unspecified atom stereocenters. The molecule has 100 valence electrons. The molecule has 0 bridgehead atoms. The van der Waals surface area contributed by atoms with Crippen LogP contribution in [-0.4, -0.2) is 38.2 Å². The van der Waals surface area contributed by atoms with Gasteiger partial charge in [-0.3, -0.25) is 0 Å². The maximum atomic E-state index is 13.4. The lowest BCUT2D eigenvalue weighted by molar-refractivity contribution is 0.188. The van der Waals surface area contributed by atoms with Crippen LogP contribution >= 0.6 is 0 Å². The Morgan fingerprint density at radius 3 is 2.83 bits per heavy atom. The Kier molecular flexibility index (Phi) is 6.14. The smallest absolute Gasteiger partial charge is 0.317 e. The van der Waals surface area contributed by atoms with Crippen molar-refractivity contribution in [3.05, 3.63) is 35.6 Å². The van der Waals surface area contributed by atoms with Crippen LogP contribution in [0.25, 0.3) is 0 Å². The highest BCUT2D eigenvalue weighted by molar-refractivity contribution is 5.73. The van der Waals surface area contributed by atoms with E-state index in [1.807, 2.05) is 0 Å². The highest BCUT2D eigenvalue weighted by atomic mass is 19.1. The molecular weight excluding hydrogens is 235 g/mol. The summed E-state index contributed by atoms with van der Waals surface area (Å²) in [5.74, 6) is -0.295. The van der Waals surface area contributed by atoms with Gasteiger partial charge in [0.2, 0.25) is 0 Å². The summed E-state index contributed by atoms with van der Waals surface area (Å²) in [4.78, 5) is 13.1. The number of methoxy groups -OCH3 is 1. The van der Waals surface area contributed by atoms with Gasteiger partial charge in [0, 0.05) is 39.4 Å². The lowest BCUT2D eigenvalue weighted by Gasteiger charge is -2.18. The topological polar surface area (TPSA) is 41.6 Å². The largest absolute Gasteiger partial charge is 0.385 e. The second-order valence-corrected chi connectivity index (χ2v) is 4.03. The molecule has 1 rings (SSSR count). The maximum absolute atomic E-state index is 13.4. The number of carbonyl (C=O) groups excluding carboxylic acids is 1. The number of carbonyl (C=O) groups is 1. The van der Waals surface area contributed by atoms with Gasteiger partial charge in [0.05, 0.1) is 0 Å². The number of halogens is 1. The van der Waals surface area contributed by atoms with Gasteiger partial charge >= 0.3 is 6.03 Å². The second-order valence-electron chi connectivity index (χ2n) is 4.03. The van der Waals surface area contributed by atoms with Crippen molar-refractivity contribution < 1.29 is 13.9 Å². The van der Waals surface area contributed by atoms with E-state index in [2.05, 4.69) is 5.32 Å². The highest BCUT2D eigenvalue weighted by Gasteiger charge is 2.10. The zero-order valence-electron chi connectivity index (χ0n) is 10.8. The van der Waals surface area contributed by atoms with E-state index >= 15 is 0 Å². The molecule has 1 N–H and O–H groups in total. The number of nitrogens with zero attached hydrogens (tertiary/aromatic N) is 1. The second kappa shape index (κ2) is 7.66. The molecule has 4 nitrogen and oxygen atoms in total. The molecule has 5 heteroatoms. The molecule has 1 aromatic rings. The van der Waals surface area contributed by atoms with Gasteiger partial charge in [-0.1, -0.05) is 18.2 Å². The number of hydrogen-bond acceptors (Lipinski definition) is 2. The Morgan fingerprint density at radius 2 is 2.17 bits per heavy atom. The number of urea groups is 1. The monoisotopic (exact) mass is 254 g/mol. The number of nitrogens with one attached hydrogen (secondary N) is 1. The number of hydrogen-bond donors (Lipinski definition) is 1. The SMILES string of the molecule is COCCCNC(=O)N(C)Cc1ccccc1F. The van der Waals surface area contributed by atoms with E-state index in [9.17, 15) is 9.18 Å². The van der Waals surface area contributed by atoms with Crippen molar-refractivity contribution in [2.75, 3.05) is 27.3 Å². The fourth-order valence-electron chi connectivity index (χ4n) is 1.50. The lowest BCUT2D eigenvalue weighted by atomic mass is 10.2. The standard InChI is InChI=1S/C13H19FN2O2/c1-16(13(17)15-8-5-9-18-2)10-11-6-3-4-7-12(11)14/h3-4,6-7H,5,8-10H2,1-2H3,(H,15,17). The van der Waals surface area contributed by atoms with Crippen LogP contribution < -0.4 is 5.32 Å². The Labute approximate surface area is 107 Å². The first kappa shape index (κ1) is 14.4. The first-order valence-corrected chi connectivity index (χ1v) is 5.86. The minimum absolute atomic E-state index is 0.214. The molecule has 1 aromatic carbocycles. The van der Waals surface area contributed by atoms with Crippen LogP contribution in [0.4, 0.5) is 9.18 Å². The summed E-state index contributed by atoms with van der Waals surface area (Å²) in [7, 11) is 3.25. The van der Waals surface area contributed by atoms with Crippen LogP contribution in [0, 0.1) is 5.82 Å². The predicted octanol–water partition coefficient (Wildman–Crippen LogP) is 2.00. The summed E-state index contributed by atoms with van der Waals surface area (Å²) in [6, 6.07) is 6.23. The Morgan fingerprint density at radius 1 is 1.44 bits per heavy atom. The van der Waals surface area contributed by atoms with Crippen LogP contribution in [0.2, 0.25) is 0 Å². The van der Waals surface area contributed by atoms with Gasteiger partial charge in [0.1, 0.15) is 5.82 Å². The van der Waals surface area contributed by atoms with E-state index in [1.165, 1.54) is 11.0 Å². The number of ether oxygens (including phenoxy) is 1. The first-order valence-electron chi connectivity index (χ1n) is 5.86. The average Bonchev–Trinajstić information content (AvgIpc) is 2.37. The van der Waals surface area contributed by atoms with Crippen molar-refractivity contribution in [3.8, 4) is 0 Å². The minimum atomic E-state index is -0.295. The molecule has 0 aromatic heterocycles. The number of amides is 2. The normalized spacial score (nSPS) is 10.2. The molecule has 0 saturated carbocycles. The maximum Gasteiger partial charge on any atom is 0.317 e. The zero-order chi connectivity index (χ0) is 13.4. The molecule has 0 atom stereocenters. The van der Waals surface area contributed by atoms with Gasteiger partial charge < -0.3 is 15.0 Å². The molecule has 0 heterocycles. The van der Waals surface area contributed by atoms with E-state index < -0.39 is 0 Å². The lowest BCUT2D eigenvalue weighted by Crippen LogP contribution is -2.37. The summed E-state index contributed by atoms with van der Waals surface area (Å²) in [5.41, 5.74) is 0.507. The number of rotatable bonds is 6. The summed E-state index contributed by atoms with van der Waals surface area (Å²) in [6.45, 7) is 1.41. The van der Waals surface area contributed by atoms with Crippen molar-refractivity contribution in [1.82, 2.24) is 10.2 Å². The predicted molar refractivity (Wildman–Crippen MR) is 67.8 cm³/mol. The molecule has 0 spiro atoms. The van der Waals surface area contributed by atoms with E-state index in [0.717, 1.165) is 6.42 Å². The summed E-state index contributed by atoms with van der Waals surface area (Å²) in [6.07, 6.45) is 0.760. The molecule has 0 aliphatic rings. The third-order valence-corrected chi connectivity index (χ3v) is 2.51. The third kappa shape index (κ3) is 4.71. The van der Waals surface area contributed by atoms with Crippen molar-refractivity contribution >= 4 is 6.03 Å². The summed E-state index contributed by atoms with van der Waals surface area (Å²) in [5, 5.41) is 2.74. The van der Waals surface area contributed by atoms with Crippen LogP contribution in [0.3, 0.4) is 0 Å². The van der Waals surface area contributed by atoms with Gasteiger partial charge in [-0.25, -0.2) is 9.18 Å². The van der Waals surface area contributed by atoms with Crippen LogP contribution in [0.15, 0.2) is 24.3 Å². The zero-order valence-corrected chi connectivity index (χ0v) is 10.8. The van der Waals surface area contributed by atoms with Crippen molar-refractivity contribution in [2.45, 2.75) is 13.0 Å². The molecular formula is C13H19FN2O2. The Bertz CT molecular complexity index is 385. The van der Waals surface area contributed by atoms with Crippen molar-refractivity contribution in [1.29, 1.82) is 0 Å². The molecule has 0 radical (unpaired) electrons. The van der Waals surface area contributed by atoms with Crippen molar-refractivity contribution in [2.24, 2.45) is 0 Å².